The summed E-state index contributed by atoms with van der Waals surface area (Å²) in [5.41, 5.74) is 0. The number of morpholine rings is 1. The zero-order valence-electron chi connectivity index (χ0n) is 14.7. The van der Waals surface area contributed by atoms with Crippen molar-refractivity contribution < 1.29 is 13.9 Å². The van der Waals surface area contributed by atoms with Crippen molar-refractivity contribution in [1.29, 1.82) is 0 Å². The average molecular weight is 350 g/mol. The van der Waals surface area contributed by atoms with Crippen LogP contribution in [-0.4, -0.2) is 66.9 Å². The Morgan fingerprint density at radius 1 is 1.28 bits per heavy atom. The Morgan fingerprint density at radius 2 is 2.04 bits per heavy atom. The molecule has 0 aliphatic carbocycles. The third-order valence-corrected chi connectivity index (χ3v) is 4.64. The van der Waals surface area contributed by atoms with E-state index in [9.17, 15) is 4.39 Å². The quantitative estimate of drug-likeness (QED) is 0.671. The summed E-state index contributed by atoms with van der Waals surface area (Å²) < 4.78 is 25.5. The van der Waals surface area contributed by atoms with E-state index in [2.05, 4.69) is 21.4 Å². The van der Waals surface area contributed by atoms with Gasteiger partial charge in [0.05, 0.1) is 19.4 Å². The lowest BCUT2D eigenvalue weighted by Gasteiger charge is -2.28. The van der Waals surface area contributed by atoms with Crippen molar-refractivity contribution in [2.24, 2.45) is 0 Å². The van der Waals surface area contributed by atoms with Crippen molar-refractivity contribution in [2.75, 3.05) is 50.8 Å². The fraction of sp³-hybridized carbons (Fsp3) is 0.667. The summed E-state index contributed by atoms with van der Waals surface area (Å²) in [5.74, 6) is -0.117. The minimum Gasteiger partial charge on any atom is -0.459 e. The van der Waals surface area contributed by atoms with E-state index in [1.165, 1.54) is 19.0 Å². The number of aromatic nitrogens is 2. The van der Waals surface area contributed by atoms with Gasteiger partial charge in [-0.1, -0.05) is 6.08 Å². The normalized spacial score (nSPS) is 19.8. The van der Waals surface area contributed by atoms with E-state index < -0.39 is 5.82 Å². The molecule has 0 unspecified atom stereocenters. The number of hydrogen-bond donors (Lipinski definition) is 0. The maximum absolute atomic E-state index is 14.1. The molecule has 0 amide bonds. The Hall–Kier alpha value is -1.73. The molecule has 25 heavy (non-hydrogen) atoms. The minimum atomic E-state index is -0.420. The highest BCUT2D eigenvalue weighted by molar-refractivity contribution is 5.40. The lowest BCUT2D eigenvalue weighted by molar-refractivity contribution is 0.120. The molecule has 0 N–H and O–H groups in total. The summed E-state index contributed by atoms with van der Waals surface area (Å²) in [6.45, 7) is 9.27. The molecule has 0 radical (unpaired) electrons. The zero-order chi connectivity index (χ0) is 17.5. The van der Waals surface area contributed by atoms with E-state index in [-0.39, 0.29) is 12.1 Å². The number of halogens is 1. The third-order valence-electron chi connectivity index (χ3n) is 4.64. The van der Waals surface area contributed by atoms with E-state index in [0.29, 0.717) is 32.1 Å². The maximum atomic E-state index is 14.1. The van der Waals surface area contributed by atoms with Gasteiger partial charge in [-0.15, -0.1) is 6.58 Å². The van der Waals surface area contributed by atoms with Crippen LogP contribution in [0.2, 0.25) is 0 Å². The van der Waals surface area contributed by atoms with Crippen LogP contribution in [0.25, 0.3) is 0 Å². The van der Waals surface area contributed by atoms with E-state index in [1.54, 1.807) is 0 Å². The van der Waals surface area contributed by atoms with Crippen molar-refractivity contribution in [1.82, 2.24) is 14.9 Å². The first-order chi connectivity index (χ1) is 12.3. The Bertz CT molecular complexity index is 560. The van der Waals surface area contributed by atoms with Crippen molar-refractivity contribution in [3.8, 4) is 6.01 Å². The molecule has 0 saturated carbocycles. The molecule has 0 bridgehead atoms. The van der Waals surface area contributed by atoms with Crippen LogP contribution in [0.5, 0.6) is 6.01 Å². The number of hydrogen-bond acceptors (Lipinski definition) is 6. The van der Waals surface area contributed by atoms with Crippen molar-refractivity contribution in [2.45, 2.75) is 31.8 Å². The molecule has 2 aliphatic heterocycles. The largest absolute Gasteiger partial charge is 0.459 e. The highest BCUT2D eigenvalue weighted by atomic mass is 19.1. The molecule has 1 aromatic rings. The first-order valence-electron chi connectivity index (χ1n) is 9.11. The molecule has 0 spiro atoms. The zero-order valence-corrected chi connectivity index (χ0v) is 14.7. The van der Waals surface area contributed by atoms with Crippen LogP contribution in [0, 0.1) is 5.82 Å². The summed E-state index contributed by atoms with van der Waals surface area (Å²) >= 11 is 0. The standard InChI is InChI=1S/C18H27FN4O2/c1-2-3-6-15(14-22-7-4-5-8-22)25-18-20-13-16(19)17(21-18)23-9-11-24-12-10-23/h2,13,15H,1,3-12,14H2/t15-/m1/s1. The Balaban J connectivity index is 1.68. The van der Waals surface area contributed by atoms with Gasteiger partial charge in [-0.3, -0.25) is 4.90 Å². The molecule has 7 heteroatoms. The van der Waals surface area contributed by atoms with Gasteiger partial charge in [-0.05, 0) is 38.8 Å². The molecule has 2 saturated heterocycles. The van der Waals surface area contributed by atoms with Gasteiger partial charge >= 0.3 is 6.01 Å². The first-order valence-corrected chi connectivity index (χ1v) is 9.11. The fourth-order valence-corrected chi connectivity index (χ4v) is 3.29. The van der Waals surface area contributed by atoms with Gasteiger partial charge in [0.2, 0.25) is 0 Å². The predicted molar refractivity (Wildman–Crippen MR) is 94.5 cm³/mol. The Morgan fingerprint density at radius 3 is 2.76 bits per heavy atom. The molecule has 1 aromatic heterocycles. The number of allylic oxidation sites excluding steroid dienone is 1. The molecule has 2 fully saturated rings. The monoisotopic (exact) mass is 350 g/mol. The second-order valence-corrected chi connectivity index (χ2v) is 6.54. The summed E-state index contributed by atoms with van der Waals surface area (Å²) in [6, 6.07) is 0.246. The Kier molecular flexibility index (Phi) is 6.58. The predicted octanol–water partition coefficient (Wildman–Crippen LogP) is 2.26. The highest BCUT2D eigenvalue weighted by Gasteiger charge is 2.22. The smallest absolute Gasteiger partial charge is 0.318 e. The molecule has 3 rings (SSSR count). The summed E-state index contributed by atoms with van der Waals surface area (Å²) in [5, 5.41) is 0. The SMILES string of the molecule is C=CCC[C@H](CN1CCCC1)Oc1ncc(F)c(N2CCOCC2)n1. The van der Waals surface area contributed by atoms with Gasteiger partial charge in [0, 0.05) is 19.6 Å². The lowest BCUT2D eigenvalue weighted by atomic mass is 10.2. The van der Waals surface area contributed by atoms with E-state index in [0.717, 1.165) is 32.5 Å². The van der Waals surface area contributed by atoms with Crippen LogP contribution in [0.3, 0.4) is 0 Å². The molecule has 1 atom stereocenters. The van der Waals surface area contributed by atoms with Crippen LogP contribution < -0.4 is 9.64 Å². The Labute approximate surface area is 148 Å². The summed E-state index contributed by atoms with van der Waals surface area (Å²) in [6.07, 6.45) is 7.28. The molecule has 138 valence electrons. The molecule has 0 aromatic carbocycles. The van der Waals surface area contributed by atoms with Gasteiger partial charge < -0.3 is 14.4 Å². The molecular formula is C18H27FN4O2. The van der Waals surface area contributed by atoms with Crippen molar-refractivity contribution in [3.63, 3.8) is 0 Å². The second kappa shape index (κ2) is 9.10. The third kappa shape index (κ3) is 5.12. The number of ether oxygens (including phenoxy) is 2. The van der Waals surface area contributed by atoms with Crippen LogP contribution in [0.15, 0.2) is 18.9 Å². The minimum absolute atomic E-state index is 0.0147. The van der Waals surface area contributed by atoms with Crippen LogP contribution >= 0.6 is 0 Å². The van der Waals surface area contributed by atoms with Gasteiger partial charge in [-0.25, -0.2) is 9.37 Å². The number of anilines is 1. The van der Waals surface area contributed by atoms with Crippen LogP contribution in [-0.2, 0) is 4.74 Å². The van der Waals surface area contributed by atoms with Gasteiger partial charge in [0.25, 0.3) is 0 Å². The summed E-state index contributed by atoms with van der Waals surface area (Å²) in [4.78, 5) is 12.7. The van der Waals surface area contributed by atoms with Crippen molar-refractivity contribution in [3.05, 3.63) is 24.7 Å². The van der Waals surface area contributed by atoms with Gasteiger partial charge in [0.15, 0.2) is 11.6 Å². The fourth-order valence-electron chi connectivity index (χ4n) is 3.29. The maximum Gasteiger partial charge on any atom is 0.318 e. The lowest BCUT2D eigenvalue weighted by Crippen LogP contribution is -2.38. The number of rotatable bonds is 8. The van der Waals surface area contributed by atoms with E-state index >= 15 is 0 Å². The molecule has 6 nitrogen and oxygen atoms in total. The molecule has 3 heterocycles. The molecule has 2 aliphatic rings. The van der Waals surface area contributed by atoms with Crippen LogP contribution in [0.4, 0.5) is 10.2 Å². The molecular weight excluding hydrogens is 323 g/mol. The first kappa shape index (κ1) is 18.1. The van der Waals surface area contributed by atoms with Crippen molar-refractivity contribution >= 4 is 5.82 Å². The van der Waals surface area contributed by atoms with Crippen LogP contribution in [0.1, 0.15) is 25.7 Å². The highest BCUT2D eigenvalue weighted by Crippen LogP contribution is 2.21. The topological polar surface area (TPSA) is 50.7 Å². The second-order valence-electron chi connectivity index (χ2n) is 6.54. The number of likely N-dealkylation sites (tertiary alicyclic amines) is 1. The summed E-state index contributed by atoms with van der Waals surface area (Å²) in [7, 11) is 0. The van der Waals surface area contributed by atoms with E-state index in [1.807, 2.05) is 11.0 Å². The van der Waals surface area contributed by atoms with Gasteiger partial charge in [-0.2, -0.15) is 4.98 Å². The number of nitrogens with zero attached hydrogens (tertiary/aromatic N) is 4. The van der Waals surface area contributed by atoms with Gasteiger partial charge in [0.1, 0.15) is 6.10 Å². The average Bonchev–Trinajstić information content (AvgIpc) is 3.15. The van der Waals surface area contributed by atoms with E-state index in [4.69, 9.17) is 9.47 Å².